The van der Waals surface area contributed by atoms with Crippen molar-refractivity contribution in [3.63, 3.8) is 0 Å². The van der Waals surface area contributed by atoms with Crippen LogP contribution in [0.5, 0.6) is 11.5 Å². The molecule has 4 heterocycles. The van der Waals surface area contributed by atoms with Gasteiger partial charge >= 0.3 is 21.1 Å². The molecular formula is C25H20N6OPt. The summed E-state index contributed by atoms with van der Waals surface area (Å²) in [5.74, 6) is 3.47. The van der Waals surface area contributed by atoms with E-state index in [0.717, 1.165) is 59.2 Å². The molecule has 0 radical (unpaired) electrons. The Hall–Kier alpha value is -3.36. The van der Waals surface area contributed by atoms with Crippen molar-refractivity contribution >= 4 is 11.5 Å². The van der Waals surface area contributed by atoms with Gasteiger partial charge in [-0.15, -0.1) is 16.7 Å². The molecule has 0 atom stereocenters. The Balaban J connectivity index is 0.00000228. The van der Waals surface area contributed by atoms with Gasteiger partial charge in [-0.3, -0.25) is 9.97 Å². The number of nitrogens with zero attached hydrogens (tertiary/aromatic N) is 6. The molecule has 2 aromatic heterocycles. The van der Waals surface area contributed by atoms with Gasteiger partial charge in [0.15, 0.2) is 0 Å². The molecule has 6 rings (SSSR count). The normalized spacial score (nSPS) is 13.2. The standard InChI is InChI=1S/C25H20N6O.Pt/c1-15-9-17(11-20-19(15)5-7-31-22(26-3)13-28-25(20)31)32-18-10-16(2)23-21(12-18)24-27-6-8-30(24)14-29(23)4;/h6,8-10,13H,5,7,14H2,1-2,4H3;/q-2;+2. The van der Waals surface area contributed by atoms with Crippen molar-refractivity contribution in [2.24, 2.45) is 0 Å². The van der Waals surface area contributed by atoms with Gasteiger partial charge in [-0.05, 0) is 19.2 Å². The number of benzene rings is 2. The zero-order valence-electron chi connectivity index (χ0n) is 18.4. The number of rotatable bonds is 2. The molecule has 4 aromatic rings. The minimum atomic E-state index is 0. The van der Waals surface area contributed by atoms with Crippen LogP contribution < -0.4 is 9.64 Å². The Kier molecular flexibility index (Phi) is 5.14. The van der Waals surface area contributed by atoms with E-state index >= 15 is 0 Å². The first-order valence-electron chi connectivity index (χ1n) is 10.5. The van der Waals surface area contributed by atoms with Crippen LogP contribution in [0.2, 0.25) is 0 Å². The molecule has 0 spiro atoms. The van der Waals surface area contributed by atoms with Gasteiger partial charge in [-0.2, -0.15) is 0 Å². The van der Waals surface area contributed by atoms with Gasteiger partial charge in [0.25, 0.3) is 0 Å². The van der Waals surface area contributed by atoms with E-state index in [0.29, 0.717) is 17.3 Å². The Bertz CT molecular complexity index is 1440. The van der Waals surface area contributed by atoms with Crippen LogP contribution in [0.25, 0.3) is 27.6 Å². The van der Waals surface area contributed by atoms with Crippen molar-refractivity contribution in [2.75, 3.05) is 11.9 Å². The first-order valence-corrected chi connectivity index (χ1v) is 10.5. The molecular weight excluding hydrogens is 595 g/mol. The smallest absolute Gasteiger partial charge is 0.497 e. The van der Waals surface area contributed by atoms with E-state index in [9.17, 15) is 0 Å². The van der Waals surface area contributed by atoms with Crippen molar-refractivity contribution in [3.05, 3.63) is 71.0 Å². The SMILES string of the molecule is [C-]#[N+]c1cnc2n1CCc1c-2[c-]c(Oc2[c-]c3c(c(C)c2)N(C)Cn2ccnc2-3)cc1C.[Pt+2]. The third-order valence-corrected chi connectivity index (χ3v) is 6.24. The van der Waals surface area contributed by atoms with Gasteiger partial charge < -0.3 is 23.6 Å². The number of aryl methyl sites for hydroxylation is 2. The van der Waals surface area contributed by atoms with Crippen LogP contribution in [0.3, 0.4) is 0 Å². The van der Waals surface area contributed by atoms with Crippen LogP contribution in [0, 0.1) is 32.6 Å². The quantitative estimate of drug-likeness (QED) is 0.300. The van der Waals surface area contributed by atoms with E-state index in [1.165, 1.54) is 5.56 Å². The zero-order valence-corrected chi connectivity index (χ0v) is 20.7. The summed E-state index contributed by atoms with van der Waals surface area (Å²) in [4.78, 5) is 14.8. The Morgan fingerprint density at radius 1 is 1.06 bits per heavy atom. The van der Waals surface area contributed by atoms with Gasteiger partial charge in [0.1, 0.15) is 5.82 Å². The van der Waals surface area contributed by atoms with E-state index in [2.05, 4.69) is 57.3 Å². The van der Waals surface area contributed by atoms with Crippen LogP contribution in [0.1, 0.15) is 16.7 Å². The first-order chi connectivity index (χ1) is 15.5. The molecule has 2 aromatic carbocycles. The molecule has 0 N–H and O–H groups in total. The van der Waals surface area contributed by atoms with Crippen LogP contribution in [-0.4, -0.2) is 26.1 Å². The number of hydrogen-bond acceptors (Lipinski definition) is 4. The molecule has 0 bridgehead atoms. The number of anilines is 1. The van der Waals surface area contributed by atoms with Crippen LogP contribution in [-0.2, 0) is 40.7 Å². The number of fused-ring (bicyclic) bond motifs is 6. The topological polar surface area (TPSA) is 52.5 Å². The predicted molar refractivity (Wildman–Crippen MR) is 121 cm³/mol. The number of hydrogen-bond donors (Lipinski definition) is 0. The fraction of sp³-hybridized carbons (Fsp3) is 0.240. The van der Waals surface area contributed by atoms with Crippen molar-refractivity contribution in [1.82, 2.24) is 19.1 Å². The molecule has 0 aliphatic carbocycles. The van der Waals surface area contributed by atoms with Crippen molar-refractivity contribution in [2.45, 2.75) is 33.5 Å². The van der Waals surface area contributed by atoms with Crippen LogP contribution in [0.4, 0.5) is 11.5 Å². The fourth-order valence-electron chi connectivity index (χ4n) is 4.84. The van der Waals surface area contributed by atoms with Gasteiger partial charge in [0, 0.05) is 30.1 Å². The summed E-state index contributed by atoms with van der Waals surface area (Å²) in [5.41, 5.74) is 6.42. The zero-order chi connectivity index (χ0) is 22.0. The maximum atomic E-state index is 7.38. The van der Waals surface area contributed by atoms with Crippen molar-refractivity contribution in [1.29, 1.82) is 0 Å². The van der Waals surface area contributed by atoms with E-state index in [-0.39, 0.29) is 21.1 Å². The largest absolute Gasteiger partial charge is 2.00 e. The second kappa shape index (κ2) is 7.90. The molecule has 0 fully saturated rings. The van der Waals surface area contributed by atoms with Crippen molar-refractivity contribution < 1.29 is 25.8 Å². The third-order valence-electron chi connectivity index (χ3n) is 6.24. The maximum Gasteiger partial charge on any atom is 2.00 e. The summed E-state index contributed by atoms with van der Waals surface area (Å²) in [5, 5.41) is 0. The fourth-order valence-corrected chi connectivity index (χ4v) is 4.84. The molecule has 0 unspecified atom stereocenters. The monoisotopic (exact) mass is 615 g/mol. The Morgan fingerprint density at radius 3 is 2.61 bits per heavy atom. The predicted octanol–water partition coefficient (Wildman–Crippen LogP) is 4.93. The third kappa shape index (κ3) is 3.29. The van der Waals surface area contributed by atoms with E-state index < -0.39 is 0 Å². The average Bonchev–Trinajstić information content (AvgIpc) is 3.40. The van der Waals surface area contributed by atoms with Crippen molar-refractivity contribution in [3.8, 4) is 34.3 Å². The second-order valence-electron chi connectivity index (χ2n) is 8.33. The minimum Gasteiger partial charge on any atom is -0.497 e. The number of imidazole rings is 2. The minimum absolute atomic E-state index is 0. The summed E-state index contributed by atoms with van der Waals surface area (Å²) in [7, 11) is 2.07. The maximum absolute atomic E-state index is 7.38. The summed E-state index contributed by atoms with van der Waals surface area (Å²) in [6, 6.07) is 10.9. The summed E-state index contributed by atoms with van der Waals surface area (Å²) < 4.78 is 10.3. The van der Waals surface area contributed by atoms with Gasteiger partial charge in [0.2, 0.25) is 5.82 Å². The first kappa shape index (κ1) is 21.5. The number of aromatic nitrogens is 4. The summed E-state index contributed by atoms with van der Waals surface area (Å²) >= 11 is 0. The molecule has 166 valence electrons. The molecule has 8 heteroatoms. The van der Waals surface area contributed by atoms with Gasteiger partial charge in [0.05, 0.1) is 19.0 Å². The van der Waals surface area contributed by atoms with Gasteiger partial charge in [-0.25, -0.2) is 0 Å². The Morgan fingerprint density at radius 2 is 1.82 bits per heavy atom. The molecule has 33 heavy (non-hydrogen) atoms. The van der Waals surface area contributed by atoms with E-state index in [1.807, 2.05) is 29.1 Å². The number of ether oxygens (including phenoxy) is 1. The second-order valence-corrected chi connectivity index (χ2v) is 8.33. The van der Waals surface area contributed by atoms with E-state index in [4.69, 9.17) is 11.3 Å². The molecule has 2 aliphatic heterocycles. The summed E-state index contributed by atoms with van der Waals surface area (Å²) in [6.07, 6.45) is 6.27. The molecule has 0 saturated carbocycles. The molecule has 7 nitrogen and oxygen atoms in total. The van der Waals surface area contributed by atoms with Crippen LogP contribution in [0.15, 0.2) is 30.7 Å². The molecule has 2 aliphatic rings. The van der Waals surface area contributed by atoms with Crippen LogP contribution >= 0.6 is 0 Å². The van der Waals surface area contributed by atoms with E-state index in [1.54, 1.807) is 6.20 Å². The molecule has 0 amide bonds. The Labute approximate surface area is 206 Å². The van der Waals surface area contributed by atoms with Gasteiger partial charge in [-0.1, -0.05) is 55.8 Å². The summed E-state index contributed by atoms with van der Waals surface area (Å²) in [6.45, 7) is 13.1. The molecule has 0 saturated heterocycles. The average molecular weight is 616 g/mol.